The van der Waals surface area contributed by atoms with Gasteiger partial charge in [-0.15, -0.1) is 0 Å². The molecule has 0 atom stereocenters. The van der Waals surface area contributed by atoms with E-state index in [1.807, 2.05) is 0 Å². The van der Waals surface area contributed by atoms with Gasteiger partial charge in [-0.3, -0.25) is 4.79 Å². The highest BCUT2D eigenvalue weighted by Crippen LogP contribution is 2.24. The van der Waals surface area contributed by atoms with Crippen LogP contribution in [0.1, 0.15) is 11.1 Å². The van der Waals surface area contributed by atoms with Gasteiger partial charge < -0.3 is 4.74 Å². The zero-order valence-corrected chi connectivity index (χ0v) is 10.3. The molecule has 5 heteroatoms. The molecule has 0 bridgehead atoms. The highest BCUT2D eigenvalue weighted by Gasteiger charge is 2.13. The second-order valence-corrected chi connectivity index (χ2v) is 3.84. The normalized spacial score (nSPS) is 10.6. The minimum absolute atomic E-state index is 0.0734. The predicted molar refractivity (Wildman–Crippen MR) is 60.3 cm³/mol. The van der Waals surface area contributed by atoms with E-state index in [-0.39, 0.29) is 23.3 Å². The summed E-state index contributed by atoms with van der Waals surface area (Å²) >= 11 is 3.03. The number of carbonyl (C=O) groups excluding carboxylic acids is 1. The molecular weight excluding hydrogens is 282 g/mol. The second kappa shape index (κ2) is 5.94. The molecule has 0 aliphatic carbocycles. The van der Waals surface area contributed by atoms with Crippen LogP contribution < -0.4 is 4.74 Å². The van der Waals surface area contributed by atoms with Gasteiger partial charge in [0.05, 0.1) is 5.33 Å². The molecule has 88 valence electrons. The molecule has 0 unspecified atom stereocenters. The Morgan fingerprint density at radius 3 is 2.75 bits per heavy atom. The average molecular weight is 293 g/mol. The van der Waals surface area contributed by atoms with Crippen molar-refractivity contribution in [2.24, 2.45) is 0 Å². The fourth-order valence-corrected chi connectivity index (χ4v) is 1.55. The summed E-state index contributed by atoms with van der Waals surface area (Å²) in [5, 5.41) is 0.204. The average Bonchev–Trinajstić information content (AvgIpc) is 2.22. The first-order valence-electron chi connectivity index (χ1n) is 4.65. The van der Waals surface area contributed by atoms with Crippen LogP contribution in [0.5, 0.6) is 5.75 Å². The number of hydrogen-bond acceptors (Lipinski definition) is 2. The Kier molecular flexibility index (Phi) is 4.86. The molecule has 0 heterocycles. The minimum atomic E-state index is -2.88. The lowest BCUT2D eigenvalue weighted by Crippen LogP contribution is -2.10. The Morgan fingerprint density at radius 1 is 1.50 bits per heavy atom. The quantitative estimate of drug-likeness (QED) is 0.780. The van der Waals surface area contributed by atoms with Crippen molar-refractivity contribution in [3.8, 4) is 5.75 Å². The van der Waals surface area contributed by atoms with Crippen molar-refractivity contribution in [1.29, 1.82) is 0 Å². The Labute approximate surface area is 101 Å². The van der Waals surface area contributed by atoms with Gasteiger partial charge >= 0.3 is 6.61 Å². The second-order valence-electron chi connectivity index (χ2n) is 3.28. The maximum absolute atomic E-state index is 12.1. The van der Waals surface area contributed by atoms with Gasteiger partial charge in [0, 0.05) is 12.0 Å². The van der Waals surface area contributed by atoms with E-state index in [4.69, 9.17) is 0 Å². The van der Waals surface area contributed by atoms with E-state index >= 15 is 0 Å². The van der Waals surface area contributed by atoms with Gasteiger partial charge in [0.1, 0.15) is 11.5 Å². The maximum atomic E-state index is 12.1. The largest absolute Gasteiger partial charge is 0.435 e. The van der Waals surface area contributed by atoms with Gasteiger partial charge in [-0.25, -0.2) is 0 Å². The molecule has 1 aromatic rings. The van der Waals surface area contributed by atoms with Gasteiger partial charge in [-0.2, -0.15) is 8.78 Å². The molecule has 2 nitrogen and oxygen atoms in total. The molecule has 0 N–H and O–H groups in total. The summed E-state index contributed by atoms with van der Waals surface area (Å²) in [5.74, 6) is -0.00211. The molecule has 0 saturated heterocycles. The Bertz CT molecular complexity index is 380. The zero-order chi connectivity index (χ0) is 12.1. The smallest absolute Gasteiger partial charge is 0.387 e. The lowest BCUT2D eigenvalue weighted by molar-refractivity contribution is -0.116. The van der Waals surface area contributed by atoms with E-state index in [0.717, 1.165) is 5.56 Å². The van der Waals surface area contributed by atoms with Crippen molar-refractivity contribution in [2.45, 2.75) is 20.0 Å². The summed E-state index contributed by atoms with van der Waals surface area (Å²) in [7, 11) is 0. The maximum Gasteiger partial charge on any atom is 0.387 e. The zero-order valence-electron chi connectivity index (χ0n) is 8.67. The van der Waals surface area contributed by atoms with Crippen molar-refractivity contribution in [3.63, 3.8) is 0 Å². The number of halogens is 3. The molecule has 16 heavy (non-hydrogen) atoms. The van der Waals surface area contributed by atoms with Crippen LogP contribution in [-0.2, 0) is 11.2 Å². The fourth-order valence-electron chi connectivity index (χ4n) is 1.35. The predicted octanol–water partition coefficient (Wildman–Crippen LogP) is 3.10. The van der Waals surface area contributed by atoms with Crippen LogP contribution >= 0.6 is 15.9 Å². The number of benzene rings is 1. The van der Waals surface area contributed by atoms with Crippen molar-refractivity contribution >= 4 is 21.7 Å². The van der Waals surface area contributed by atoms with E-state index in [2.05, 4.69) is 20.7 Å². The van der Waals surface area contributed by atoms with Gasteiger partial charge in [0.15, 0.2) is 0 Å². The van der Waals surface area contributed by atoms with Gasteiger partial charge in [0.2, 0.25) is 0 Å². The van der Waals surface area contributed by atoms with Crippen LogP contribution in [0.2, 0.25) is 0 Å². The summed E-state index contributed by atoms with van der Waals surface area (Å²) < 4.78 is 28.6. The van der Waals surface area contributed by atoms with E-state index in [1.165, 1.54) is 6.07 Å². The van der Waals surface area contributed by atoms with E-state index in [1.54, 1.807) is 19.1 Å². The number of rotatable bonds is 5. The molecular formula is C11H11BrF2O2. The SMILES string of the molecule is Cc1cccc(OC(F)F)c1CC(=O)CBr. The van der Waals surface area contributed by atoms with Gasteiger partial charge in [-0.05, 0) is 18.6 Å². The third-order valence-corrected chi connectivity index (χ3v) is 2.73. The third-order valence-electron chi connectivity index (χ3n) is 2.11. The summed E-state index contributed by atoms with van der Waals surface area (Å²) in [6.45, 7) is -1.12. The molecule has 0 amide bonds. The molecule has 0 aliphatic heterocycles. The Morgan fingerprint density at radius 2 is 2.19 bits per heavy atom. The molecule has 0 aromatic heterocycles. The Balaban J connectivity index is 2.98. The van der Waals surface area contributed by atoms with Crippen molar-refractivity contribution < 1.29 is 18.3 Å². The van der Waals surface area contributed by atoms with Crippen molar-refractivity contribution in [2.75, 3.05) is 5.33 Å². The summed E-state index contributed by atoms with van der Waals surface area (Å²) in [6, 6.07) is 4.82. The van der Waals surface area contributed by atoms with Crippen LogP contribution in [0.4, 0.5) is 8.78 Å². The van der Waals surface area contributed by atoms with E-state index in [9.17, 15) is 13.6 Å². The summed E-state index contributed by atoms with van der Waals surface area (Å²) in [5.41, 5.74) is 1.29. The Hall–Kier alpha value is -0.970. The van der Waals surface area contributed by atoms with Crippen LogP contribution in [0, 0.1) is 6.92 Å². The number of Topliss-reactive ketones (excluding diaryl/α,β-unsaturated/α-hetero) is 1. The summed E-state index contributed by atoms with van der Waals surface area (Å²) in [6.07, 6.45) is 0.0972. The van der Waals surface area contributed by atoms with E-state index < -0.39 is 6.61 Å². The molecule has 0 aliphatic rings. The molecule has 0 saturated carbocycles. The monoisotopic (exact) mass is 292 g/mol. The number of aryl methyl sites for hydroxylation is 1. The fraction of sp³-hybridized carbons (Fsp3) is 0.364. The highest BCUT2D eigenvalue weighted by molar-refractivity contribution is 9.09. The standard InChI is InChI=1S/C11H11BrF2O2/c1-7-3-2-4-10(16-11(13)14)9(7)5-8(15)6-12/h2-4,11H,5-6H2,1H3. The molecule has 0 radical (unpaired) electrons. The molecule has 1 rings (SSSR count). The lowest BCUT2D eigenvalue weighted by Gasteiger charge is -2.12. The van der Waals surface area contributed by atoms with Crippen molar-refractivity contribution in [1.82, 2.24) is 0 Å². The van der Waals surface area contributed by atoms with Gasteiger partial charge in [0.25, 0.3) is 0 Å². The molecule has 0 fully saturated rings. The number of ketones is 1. The first-order chi connectivity index (χ1) is 7.54. The first-order valence-corrected chi connectivity index (χ1v) is 5.77. The summed E-state index contributed by atoms with van der Waals surface area (Å²) in [4.78, 5) is 11.3. The number of hydrogen-bond donors (Lipinski definition) is 0. The highest BCUT2D eigenvalue weighted by atomic mass is 79.9. The van der Waals surface area contributed by atoms with E-state index in [0.29, 0.717) is 5.56 Å². The van der Waals surface area contributed by atoms with Crippen molar-refractivity contribution in [3.05, 3.63) is 29.3 Å². The van der Waals surface area contributed by atoms with Crippen LogP contribution in [-0.4, -0.2) is 17.7 Å². The van der Waals surface area contributed by atoms with Crippen LogP contribution in [0.3, 0.4) is 0 Å². The molecule has 1 aromatic carbocycles. The number of carbonyl (C=O) groups is 1. The van der Waals surface area contributed by atoms with Gasteiger partial charge in [-0.1, -0.05) is 28.1 Å². The first kappa shape index (κ1) is 13.1. The topological polar surface area (TPSA) is 26.3 Å². The van der Waals surface area contributed by atoms with Crippen LogP contribution in [0.25, 0.3) is 0 Å². The molecule has 0 spiro atoms. The minimum Gasteiger partial charge on any atom is -0.435 e. The lowest BCUT2D eigenvalue weighted by atomic mass is 10.0. The third kappa shape index (κ3) is 3.56. The number of ether oxygens (including phenoxy) is 1. The number of alkyl halides is 3. The van der Waals surface area contributed by atoms with Crippen LogP contribution in [0.15, 0.2) is 18.2 Å².